The number of hydrogen-bond donors (Lipinski definition) is 2. The Kier molecular flexibility index (Phi) is 3.97. The summed E-state index contributed by atoms with van der Waals surface area (Å²) >= 11 is 0. The fourth-order valence-corrected chi connectivity index (χ4v) is 4.34. The Hall–Kier alpha value is -3.74. The normalized spacial score (nSPS) is 14.6. The standard InChI is InChI=1S/C23H21N7/c1-2-7-30(8-3-1)22-14-25-12-20-16(22)9-19(27-20)23-17-10-18(15-5-4-6-24-11-15)26-13-21(17)28-29-23/h4-6,9-14,27H,1-3,7-8H2,(H,28,29). The molecule has 0 saturated carbocycles. The molecule has 1 aliphatic rings. The minimum Gasteiger partial charge on any atom is -0.370 e. The van der Waals surface area contributed by atoms with E-state index in [9.17, 15) is 0 Å². The average Bonchev–Trinajstić information content (AvgIpc) is 3.43. The number of H-pyrrole nitrogens is 2. The fourth-order valence-electron chi connectivity index (χ4n) is 4.34. The van der Waals surface area contributed by atoms with Gasteiger partial charge in [-0.3, -0.25) is 20.1 Å². The van der Waals surface area contributed by atoms with Gasteiger partial charge in [0.2, 0.25) is 0 Å². The van der Waals surface area contributed by atoms with Crippen LogP contribution in [0.5, 0.6) is 0 Å². The molecule has 1 aliphatic heterocycles. The highest BCUT2D eigenvalue weighted by Crippen LogP contribution is 2.34. The van der Waals surface area contributed by atoms with Gasteiger partial charge in [0.05, 0.1) is 46.7 Å². The molecule has 0 aliphatic carbocycles. The molecule has 0 spiro atoms. The summed E-state index contributed by atoms with van der Waals surface area (Å²) in [6.45, 7) is 2.18. The third kappa shape index (κ3) is 2.82. The highest BCUT2D eigenvalue weighted by atomic mass is 15.1. The van der Waals surface area contributed by atoms with Crippen LogP contribution >= 0.6 is 0 Å². The molecule has 0 aromatic carbocycles. The van der Waals surface area contributed by atoms with Gasteiger partial charge in [0, 0.05) is 41.8 Å². The predicted octanol–water partition coefficient (Wildman–Crippen LogP) is 4.55. The number of nitrogens with zero attached hydrogens (tertiary/aromatic N) is 5. The largest absolute Gasteiger partial charge is 0.370 e. The third-order valence-corrected chi connectivity index (χ3v) is 5.88. The Labute approximate surface area is 173 Å². The molecule has 0 amide bonds. The summed E-state index contributed by atoms with van der Waals surface area (Å²) in [6.07, 6.45) is 13.1. The zero-order valence-corrected chi connectivity index (χ0v) is 16.5. The zero-order valence-electron chi connectivity index (χ0n) is 16.5. The molecule has 6 rings (SSSR count). The van der Waals surface area contributed by atoms with Crippen LogP contribution in [-0.4, -0.2) is 43.2 Å². The minimum atomic E-state index is 0.880. The lowest BCUT2D eigenvalue weighted by Crippen LogP contribution is -2.29. The van der Waals surface area contributed by atoms with Crippen molar-refractivity contribution in [2.24, 2.45) is 0 Å². The van der Waals surface area contributed by atoms with Gasteiger partial charge in [-0.15, -0.1) is 0 Å². The van der Waals surface area contributed by atoms with Gasteiger partial charge in [-0.2, -0.15) is 5.10 Å². The van der Waals surface area contributed by atoms with Gasteiger partial charge < -0.3 is 9.88 Å². The molecule has 5 aromatic rings. The number of pyridine rings is 3. The Bertz CT molecular complexity index is 1330. The molecule has 7 nitrogen and oxygen atoms in total. The molecule has 5 aromatic heterocycles. The molecule has 0 radical (unpaired) electrons. The molecule has 148 valence electrons. The van der Waals surface area contributed by atoms with Crippen LogP contribution in [0.2, 0.25) is 0 Å². The molecule has 0 atom stereocenters. The van der Waals surface area contributed by atoms with Gasteiger partial charge in [0.15, 0.2) is 0 Å². The lowest BCUT2D eigenvalue weighted by Gasteiger charge is -2.28. The van der Waals surface area contributed by atoms with Crippen LogP contribution in [0.3, 0.4) is 0 Å². The second kappa shape index (κ2) is 6.95. The summed E-state index contributed by atoms with van der Waals surface area (Å²) < 4.78 is 0. The number of hydrogen-bond acceptors (Lipinski definition) is 5. The van der Waals surface area contributed by atoms with Crippen molar-refractivity contribution >= 4 is 27.5 Å². The molecule has 0 bridgehead atoms. The van der Waals surface area contributed by atoms with Crippen LogP contribution in [0.15, 0.2) is 55.2 Å². The maximum absolute atomic E-state index is 4.59. The summed E-state index contributed by atoms with van der Waals surface area (Å²) in [5.74, 6) is 0. The Balaban J connectivity index is 1.47. The molecule has 7 heteroatoms. The first-order chi connectivity index (χ1) is 14.9. The van der Waals surface area contributed by atoms with Gasteiger partial charge in [-0.05, 0) is 43.5 Å². The monoisotopic (exact) mass is 395 g/mol. The summed E-state index contributed by atoms with van der Waals surface area (Å²) in [4.78, 5) is 19.2. The lowest BCUT2D eigenvalue weighted by molar-refractivity contribution is 0.578. The number of rotatable bonds is 3. The number of fused-ring (bicyclic) bond motifs is 2. The number of aromatic nitrogens is 6. The fraction of sp³-hybridized carbons (Fsp3) is 0.217. The van der Waals surface area contributed by atoms with Crippen LogP contribution < -0.4 is 4.90 Å². The van der Waals surface area contributed by atoms with Crippen molar-refractivity contribution in [1.82, 2.24) is 30.1 Å². The molecule has 6 heterocycles. The number of piperidine rings is 1. The van der Waals surface area contributed by atoms with Crippen LogP contribution in [0.1, 0.15) is 19.3 Å². The molecule has 0 unspecified atom stereocenters. The maximum atomic E-state index is 4.59. The van der Waals surface area contributed by atoms with Crippen molar-refractivity contribution < 1.29 is 0 Å². The summed E-state index contributed by atoms with van der Waals surface area (Å²) in [7, 11) is 0. The van der Waals surface area contributed by atoms with Crippen molar-refractivity contribution in [3.8, 4) is 22.6 Å². The van der Waals surface area contributed by atoms with E-state index in [0.717, 1.165) is 52.2 Å². The smallest absolute Gasteiger partial charge is 0.116 e. The third-order valence-electron chi connectivity index (χ3n) is 5.88. The first kappa shape index (κ1) is 17.1. The SMILES string of the molecule is c1cncc(-c2cc3c(-c4cc5c(N6CCCCC6)cncc5[nH]4)n[nH]c3cn2)c1. The quantitative estimate of drug-likeness (QED) is 0.468. The molecular weight excluding hydrogens is 374 g/mol. The van der Waals surface area contributed by atoms with E-state index in [1.54, 1.807) is 6.20 Å². The minimum absolute atomic E-state index is 0.880. The van der Waals surface area contributed by atoms with Gasteiger partial charge in [0.25, 0.3) is 0 Å². The first-order valence-corrected chi connectivity index (χ1v) is 10.3. The number of anilines is 1. The van der Waals surface area contributed by atoms with Crippen molar-refractivity contribution in [2.75, 3.05) is 18.0 Å². The van der Waals surface area contributed by atoms with E-state index in [2.05, 4.69) is 47.2 Å². The Morgan fingerprint density at radius 2 is 1.80 bits per heavy atom. The molecule has 30 heavy (non-hydrogen) atoms. The van der Waals surface area contributed by atoms with E-state index < -0.39 is 0 Å². The van der Waals surface area contributed by atoms with Gasteiger partial charge >= 0.3 is 0 Å². The van der Waals surface area contributed by atoms with E-state index in [1.807, 2.05) is 36.9 Å². The Morgan fingerprint density at radius 1 is 0.867 bits per heavy atom. The van der Waals surface area contributed by atoms with Crippen LogP contribution in [-0.2, 0) is 0 Å². The Morgan fingerprint density at radius 3 is 2.67 bits per heavy atom. The van der Waals surface area contributed by atoms with E-state index in [4.69, 9.17) is 0 Å². The highest BCUT2D eigenvalue weighted by molar-refractivity contribution is 6.00. The number of nitrogens with one attached hydrogen (secondary N) is 2. The zero-order chi connectivity index (χ0) is 19.9. The van der Waals surface area contributed by atoms with Gasteiger partial charge in [-0.25, -0.2) is 0 Å². The van der Waals surface area contributed by atoms with Crippen molar-refractivity contribution in [2.45, 2.75) is 19.3 Å². The molecule has 1 saturated heterocycles. The summed E-state index contributed by atoms with van der Waals surface area (Å²) in [5, 5.41) is 9.93. The topological polar surface area (TPSA) is 86.4 Å². The van der Waals surface area contributed by atoms with Crippen LogP contribution in [0, 0.1) is 0 Å². The predicted molar refractivity (Wildman–Crippen MR) is 118 cm³/mol. The van der Waals surface area contributed by atoms with E-state index >= 15 is 0 Å². The van der Waals surface area contributed by atoms with E-state index in [1.165, 1.54) is 30.3 Å². The number of aromatic amines is 2. The highest BCUT2D eigenvalue weighted by Gasteiger charge is 2.18. The summed E-state index contributed by atoms with van der Waals surface area (Å²) in [6, 6.07) is 8.20. The van der Waals surface area contributed by atoms with Crippen molar-refractivity contribution in [3.05, 3.63) is 55.2 Å². The van der Waals surface area contributed by atoms with Crippen molar-refractivity contribution in [3.63, 3.8) is 0 Å². The lowest BCUT2D eigenvalue weighted by atomic mass is 10.1. The van der Waals surface area contributed by atoms with Crippen molar-refractivity contribution in [1.29, 1.82) is 0 Å². The first-order valence-electron chi connectivity index (χ1n) is 10.3. The van der Waals surface area contributed by atoms with Gasteiger partial charge in [-0.1, -0.05) is 0 Å². The average molecular weight is 395 g/mol. The summed E-state index contributed by atoms with van der Waals surface area (Å²) in [5.41, 5.74) is 6.87. The second-order valence-corrected chi connectivity index (χ2v) is 7.78. The van der Waals surface area contributed by atoms with E-state index in [0.29, 0.717) is 0 Å². The van der Waals surface area contributed by atoms with Gasteiger partial charge in [0.1, 0.15) is 5.69 Å². The molecule has 1 fully saturated rings. The maximum Gasteiger partial charge on any atom is 0.116 e. The van der Waals surface area contributed by atoms with E-state index in [-0.39, 0.29) is 0 Å². The molecule has 2 N–H and O–H groups in total. The second-order valence-electron chi connectivity index (χ2n) is 7.78. The van der Waals surface area contributed by atoms with Crippen LogP contribution in [0.25, 0.3) is 44.5 Å². The van der Waals surface area contributed by atoms with Crippen LogP contribution in [0.4, 0.5) is 5.69 Å². The molecular formula is C23H21N7.